The van der Waals surface area contributed by atoms with Gasteiger partial charge in [0.2, 0.25) is 0 Å². The second-order valence-electron chi connectivity index (χ2n) is 6.87. The number of hydrazone groups is 1. The van der Waals surface area contributed by atoms with Crippen molar-refractivity contribution in [2.75, 3.05) is 25.1 Å². The van der Waals surface area contributed by atoms with Crippen molar-refractivity contribution in [3.8, 4) is 5.75 Å². The Bertz CT molecular complexity index is 1030. The van der Waals surface area contributed by atoms with Gasteiger partial charge in [-0.25, -0.2) is 5.43 Å². The van der Waals surface area contributed by atoms with Gasteiger partial charge in [0, 0.05) is 42.4 Å². The molecule has 0 bridgehead atoms. The Morgan fingerprint density at radius 2 is 1.86 bits per heavy atom. The monoisotopic (exact) mass is 392 g/mol. The molecule has 0 saturated carbocycles. The molecule has 1 heterocycles. The number of carbonyl (C=O) groups is 1. The van der Waals surface area contributed by atoms with Gasteiger partial charge in [-0.3, -0.25) is 4.79 Å². The third-order valence-corrected chi connectivity index (χ3v) is 5.33. The lowest BCUT2D eigenvalue weighted by Gasteiger charge is -2.20. The van der Waals surface area contributed by atoms with Gasteiger partial charge in [-0.1, -0.05) is 12.1 Å². The summed E-state index contributed by atoms with van der Waals surface area (Å²) < 4.78 is 7.31. The van der Waals surface area contributed by atoms with Crippen LogP contribution in [-0.2, 0) is 7.05 Å². The van der Waals surface area contributed by atoms with E-state index in [1.54, 1.807) is 13.3 Å². The molecule has 0 aliphatic rings. The van der Waals surface area contributed by atoms with E-state index in [-0.39, 0.29) is 5.91 Å². The summed E-state index contributed by atoms with van der Waals surface area (Å²) in [7, 11) is 3.56. The second-order valence-corrected chi connectivity index (χ2v) is 6.87. The molecule has 0 spiro atoms. The Labute approximate surface area is 171 Å². The first-order valence-corrected chi connectivity index (χ1v) is 9.81. The number of amides is 1. The molecule has 0 saturated heterocycles. The average molecular weight is 393 g/mol. The van der Waals surface area contributed by atoms with Crippen molar-refractivity contribution in [2.24, 2.45) is 12.1 Å². The van der Waals surface area contributed by atoms with Crippen LogP contribution in [0.15, 0.2) is 47.6 Å². The zero-order valence-electron chi connectivity index (χ0n) is 17.7. The number of aryl methyl sites for hydroxylation is 1. The van der Waals surface area contributed by atoms with Gasteiger partial charge in [-0.2, -0.15) is 5.10 Å². The Morgan fingerprint density at radius 3 is 2.48 bits per heavy atom. The smallest absolute Gasteiger partial charge is 0.273 e. The Morgan fingerprint density at radius 1 is 1.17 bits per heavy atom. The lowest BCUT2D eigenvalue weighted by Crippen LogP contribution is -2.21. The summed E-state index contributed by atoms with van der Waals surface area (Å²) in [6.45, 7) is 8.14. The molecule has 1 aromatic heterocycles. The first-order chi connectivity index (χ1) is 14.0. The van der Waals surface area contributed by atoms with Gasteiger partial charge in [0.15, 0.2) is 0 Å². The summed E-state index contributed by atoms with van der Waals surface area (Å²) in [6, 6.07) is 13.9. The van der Waals surface area contributed by atoms with Crippen molar-refractivity contribution >= 4 is 28.7 Å². The maximum atomic E-state index is 12.8. The standard InChI is InChI=1S/C23H28N4O2/c1-6-27(7-2)18-10-8-17(9-11-18)15-24-25-23(28)22-16(3)26(4)21-13-12-19(29-5)14-20(21)22/h8-15H,6-7H2,1-5H3,(H,25,28). The Balaban J connectivity index is 1.78. The summed E-state index contributed by atoms with van der Waals surface area (Å²) in [5, 5.41) is 5.00. The summed E-state index contributed by atoms with van der Waals surface area (Å²) in [4.78, 5) is 15.1. The number of methoxy groups -OCH3 is 1. The number of nitrogens with one attached hydrogen (secondary N) is 1. The number of carbonyl (C=O) groups excluding carboxylic acids is 1. The summed E-state index contributed by atoms with van der Waals surface area (Å²) in [5.41, 5.74) is 7.22. The van der Waals surface area contributed by atoms with Crippen LogP contribution in [0.4, 0.5) is 5.69 Å². The molecule has 3 aromatic rings. The molecule has 0 aliphatic carbocycles. The fourth-order valence-electron chi connectivity index (χ4n) is 3.55. The molecule has 29 heavy (non-hydrogen) atoms. The van der Waals surface area contributed by atoms with E-state index in [2.05, 4.69) is 41.4 Å². The van der Waals surface area contributed by atoms with Crippen LogP contribution in [0.25, 0.3) is 10.9 Å². The number of benzene rings is 2. The molecule has 2 aromatic carbocycles. The van der Waals surface area contributed by atoms with Crippen LogP contribution in [0.3, 0.4) is 0 Å². The number of fused-ring (bicyclic) bond motifs is 1. The van der Waals surface area contributed by atoms with Crippen LogP contribution in [0.1, 0.15) is 35.5 Å². The number of aromatic nitrogens is 1. The molecule has 6 heteroatoms. The normalized spacial score (nSPS) is 11.2. The van der Waals surface area contributed by atoms with Crippen molar-refractivity contribution in [3.63, 3.8) is 0 Å². The SMILES string of the molecule is CCN(CC)c1ccc(C=NNC(=O)c2c(C)n(C)c3ccc(OC)cc23)cc1. The third-order valence-electron chi connectivity index (χ3n) is 5.33. The summed E-state index contributed by atoms with van der Waals surface area (Å²) in [6.07, 6.45) is 1.66. The van der Waals surface area contributed by atoms with Crippen molar-refractivity contribution in [2.45, 2.75) is 20.8 Å². The van der Waals surface area contributed by atoms with E-state index in [1.165, 1.54) is 5.69 Å². The number of rotatable bonds is 7. The molecule has 0 radical (unpaired) electrons. The van der Waals surface area contributed by atoms with Crippen LogP contribution in [-0.4, -0.2) is 36.9 Å². The van der Waals surface area contributed by atoms with Crippen molar-refractivity contribution in [1.29, 1.82) is 0 Å². The largest absolute Gasteiger partial charge is 0.497 e. The minimum absolute atomic E-state index is 0.239. The molecular formula is C23H28N4O2. The Kier molecular flexibility index (Phi) is 6.22. The van der Waals surface area contributed by atoms with Crippen LogP contribution < -0.4 is 15.1 Å². The zero-order valence-corrected chi connectivity index (χ0v) is 17.7. The average Bonchev–Trinajstić information content (AvgIpc) is 2.99. The number of nitrogens with zero attached hydrogens (tertiary/aromatic N) is 3. The van der Waals surface area contributed by atoms with E-state index >= 15 is 0 Å². The van der Waals surface area contributed by atoms with E-state index in [4.69, 9.17) is 4.74 Å². The molecule has 0 fully saturated rings. The molecule has 0 aliphatic heterocycles. The number of hydrogen-bond acceptors (Lipinski definition) is 4. The maximum Gasteiger partial charge on any atom is 0.273 e. The highest BCUT2D eigenvalue weighted by Gasteiger charge is 2.18. The first-order valence-electron chi connectivity index (χ1n) is 9.81. The first kappa shape index (κ1) is 20.5. The molecule has 1 N–H and O–H groups in total. The predicted molar refractivity (Wildman–Crippen MR) is 119 cm³/mol. The van der Waals surface area contributed by atoms with Gasteiger partial charge < -0.3 is 14.2 Å². The van der Waals surface area contributed by atoms with E-state index in [9.17, 15) is 4.79 Å². The van der Waals surface area contributed by atoms with Gasteiger partial charge in [0.05, 0.1) is 18.9 Å². The van der Waals surface area contributed by atoms with Crippen LogP contribution >= 0.6 is 0 Å². The number of ether oxygens (including phenoxy) is 1. The summed E-state index contributed by atoms with van der Waals surface area (Å²) in [5.74, 6) is 0.478. The topological polar surface area (TPSA) is 58.9 Å². The molecule has 0 unspecified atom stereocenters. The van der Waals surface area contributed by atoms with Crippen LogP contribution in [0.5, 0.6) is 5.75 Å². The maximum absolute atomic E-state index is 12.8. The number of hydrogen-bond donors (Lipinski definition) is 1. The predicted octanol–water partition coefficient (Wildman–Crippen LogP) is 4.11. The van der Waals surface area contributed by atoms with Gasteiger partial charge in [0.1, 0.15) is 5.75 Å². The van der Waals surface area contributed by atoms with Crippen molar-refractivity contribution in [1.82, 2.24) is 9.99 Å². The van der Waals surface area contributed by atoms with Gasteiger partial charge in [-0.05, 0) is 56.7 Å². The van der Waals surface area contributed by atoms with Crippen molar-refractivity contribution in [3.05, 3.63) is 59.3 Å². The minimum atomic E-state index is -0.239. The highest BCUT2D eigenvalue weighted by atomic mass is 16.5. The second kappa shape index (κ2) is 8.82. The molecule has 6 nitrogen and oxygen atoms in total. The highest BCUT2D eigenvalue weighted by molar-refractivity contribution is 6.08. The fourth-order valence-corrected chi connectivity index (χ4v) is 3.55. The van der Waals surface area contributed by atoms with Crippen LogP contribution in [0, 0.1) is 6.92 Å². The zero-order chi connectivity index (χ0) is 21.0. The number of anilines is 1. The Hall–Kier alpha value is -3.28. The van der Waals surface area contributed by atoms with Crippen LogP contribution in [0.2, 0.25) is 0 Å². The molecular weight excluding hydrogens is 364 g/mol. The van der Waals surface area contributed by atoms with Gasteiger partial charge in [-0.15, -0.1) is 0 Å². The molecule has 152 valence electrons. The lowest BCUT2D eigenvalue weighted by atomic mass is 10.1. The minimum Gasteiger partial charge on any atom is -0.497 e. The van der Waals surface area contributed by atoms with E-state index in [1.807, 2.05) is 48.9 Å². The fraction of sp³-hybridized carbons (Fsp3) is 0.304. The summed E-state index contributed by atoms with van der Waals surface area (Å²) >= 11 is 0. The van der Waals surface area contributed by atoms with E-state index in [0.717, 1.165) is 35.2 Å². The molecule has 1 amide bonds. The van der Waals surface area contributed by atoms with Gasteiger partial charge in [0.25, 0.3) is 5.91 Å². The van der Waals surface area contributed by atoms with Gasteiger partial charge >= 0.3 is 0 Å². The lowest BCUT2D eigenvalue weighted by molar-refractivity contribution is 0.0956. The highest BCUT2D eigenvalue weighted by Crippen LogP contribution is 2.28. The van der Waals surface area contributed by atoms with E-state index < -0.39 is 0 Å². The molecule has 3 rings (SSSR count). The molecule has 0 atom stereocenters. The third kappa shape index (κ3) is 4.11. The van der Waals surface area contributed by atoms with E-state index in [0.29, 0.717) is 11.3 Å². The quantitative estimate of drug-likeness (QED) is 0.486. The van der Waals surface area contributed by atoms with Crippen molar-refractivity contribution < 1.29 is 9.53 Å².